The van der Waals surface area contributed by atoms with Crippen LogP contribution in [0.15, 0.2) is 30.3 Å². The molecule has 1 heterocycles. The fraction of sp³-hybridized carbons (Fsp3) is 0.533. The molecule has 0 radical (unpaired) electrons. The number of amides is 1. The molecule has 1 fully saturated rings. The Hall–Kier alpha value is -1.39. The van der Waals surface area contributed by atoms with Crippen LogP contribution in [-0.4, -0.2) is 39.8 Å². The van der Waals surface area contributed by atoms with E-state index in [4.69, 9.17) is 4.74 Å². The zero-order valence-corrected chi connectivity index (χ0v) is 11.7. The summed E-state index contributed by atoms with van der Waals surface area (Å²) in [6.45, 7) is 2.24. The van der Waals surface area contributed by atoms with Gasteiger partial charge < -0.3 is 15.0 Å². The summed E-state index contributed by atoms with van der Waals surface area (Å²) in [4.78, 5) is 14.6. The van der Waals surface area contributed by atoms with E-state index < -0.39 is 0 Å². The van der Waals surface area contributed by atoms with E-state index in [0.29, 0.717) is 6.61 Å². The number of hydrogen-bond acceptors (Lipinski definition) is 3. The van der Waals surface area contributed by atoms with Gasteiger partial charge in [-0.3, -0.25) is 4.79 Å². The lowest BCUT2D eigenvalue weighted by Gasteiger charge is -2.38. The lowest BCUT2D eigenvalue weighted by Crippen LogP contribution is -2.50. The minimum absolute atomic E-state index is 0.155. The Balaban J connectivity index is 2.19. The number of hydrogen-bond donors (Lipinski definition) is 1. The number of ether oxygens (including phenoxy) is 1. The van der Waals surface area contributed by atoms with Gasteiger partial charge in [-0.1, -0.05) is 18.2 Å². The maximum absolute atomic E-state index is 12.8. The van der Waals surface area contributed by atoms with Gasteiger partial charge in [0.1, 0.15) is 0 Å². The Kier molecular flexibility index (Phi) is 4.56. The first kappa shape index (κ1) is 14.0. The van der Waals surface area contributed by atoms with Crippen LogP contribution in [0.4, 0.5) is 5.69 Å². The summed E-state index contributed by atoms with van der Waals surface area (Å²) >= 11 is 0. The van der Waals surface area contributed by atoms with Crippen LogP contribution >= 0.6 is 0 Å². The summed E-state index contributed by atoms with van der Waals surface area (Å²) in [6, 6.07) is 9.77. The summed E-state index contributed by atoms with van der Waals surface area (Å²) in [6.07, 6.45) is 1.66. The molecule has 0 aromatic heterocycles. The van der Waals surface area contributed by atoms with Gasteiger partial charge in [-0.15, -0.1) is 0 Å². The Morgan fingerprint density at radius 3 is 2.53 bits per heavy atom. The summed E-state index contributed by atoms with van der Waals surface area (Å²) in [5.74, 6) is 0.155. The summed E-state index contributed by atoms with van der Waals surface area (Å²) < 4.78 is 5.32. The van der Waals surface area contributed by atoms with Gasteiger partial charge in [0.2, 0.25) is 5.91 Å². The van der Waals surface area contributed by atoms with Gasteiger partial charge in [0, 0.05) is 19.8 Å². The second-order valence-electron chi connectivity index (χ2n) is 5.16. The number of carbonyl (C=O) groups excluding carboxylic acids is 1. The summed E-state index contributed by atoms with van der Waals surface area (Å²) in [5.41, 5.74) is 0.548. The first-order chi connectivity index (χ1) is 9.19. The molecular formula is C15H22N2O2. The number of para-hydroxylation sites is 1. The third-order valence-electron chi connectivity index (χ3n) is 3.88. The van der Waals surface area contributed by atoms with Crippen molar-refractivity contribution in [2.45, 2.75) is 12.8 Å². The molecule has 2 rings (SSSR count). The number of piperidine rings is 1. The minimum atomic E-state index is -0.384. The van der Waals surface area contributed by atoms with Gasteiger partial charge in [-0.25, -0.2) is 0 Å². The van der Waals surface area contributed by atoms with Crippen LogP contribution in [0.25, 0.3) is 0 Å². The first-order valence-corrected chi connectivity index (χ1v) is 6.72. The molecule has 1 N–H and O–H groups in total. The molecule has 0 atom stereocenters. The third-order valence-corrected chi connectivity index (χ3v) is 3.88. The smallest absolute Gasteiger partial charge is 0.235 e. The highest BCUT2D eigenvalue weighted by Crippen LogP contribution is 2.32. The van der Waals surface area contributed by atoms with Crippen molar-refractivity contribution in [1.29, 1.82) is 0 Å². The van der Waals surface area contributed by atoms with E-state index in [1.165, 1.54) is 0 Å². The van der Waals surface area contributed by atoms with Crippen LogP contribution in [-0.2, 0) is 9.53 Å². The standard InChI is InChI=1S/C15H22N2O2/c1-17(13-6-4-3-5-7-13)14(18)15(12-19-2)8-10-16-11-9-15/h3-7,16H,8-12H2,1-2H3. The summed E-state index contributed by atoms with van der Waals surface area (Å²) in [5, 5.41) is 3.31. The van der Waals surface area contributed by atoms with Crippen molar-refractivity contribution in [2.24, 2.45) is 5.41 Å². The van der Waals surface area contributed by atoms with E-state index in [1.54, 1.807) is 12.0 Å². The minimum Gasteiger partial charge on any atom is -0.384 e. The molecule has 4 nitrogen and oxygen atoms in total. The molecule has 1 amide bonds. The Bertz CT molecular complexity index is 408. The lowest BCUT2D eigenvalue weighted by atomic mass is 9.78. The van der Waals surface area contributed by atoms with Gasteiger partial charge in [-0.2, -0.15) is 0 Å². The van der Waals surface area contributed by atoms with Crippen molar-refractivity contribution in [1.82, 2.24) is 5.32 Å². The number of anilines is 1. The zero-order chi connectivity index (χ0) is 13.7. The highest BCUT2D eigenvalue weighted by Gasteiger charge is 2.41. The first-order valence-electron chi connectivity index (χ1n) is 6.72. The predicted molar refractivity (Wildman–Crippen MR) is 76.3 cm³/mol. The fourth-order valence-electron chi connectivity index (χ4n) is 2.73. The van der Waals surface area contributed by atoms with Crippen LogP contribution < -0.4 is 10.2 Å². The number of rotatable bonds is 4. The van der Waals surface area contributed by atoms with Crippen LogP contribution in [0.3, 0.4) is 0 Å². The molecule has 1 aromatic carbocycles. The van der Waals surface area contributed by atoms with Gasteiger partial charge in [-0.05, 0) is 38.1 Å². The molecule has 0 unspecified atom stereocenters. The van der Waals surface area contributed by atoms with Crippen molar-refractivity contribution in [3.05, 3.63) is 30.3 Å². The average Bonchev–Trinajstić information content (AvgIpc) is 2.48. The average molecular weight is 262 g/mol. The van der Waals surface area contributed by atoms with Crippen LogP contribution in [0.2, 0.25) is 0 Å². The number of carbonyl (C=O) groups is 1. The fourth-order valence-corrected chi connectivity index (χ4v) is 2.73. The van der Waals surface area contributed by atoms with E-state index >= 15 is 0 Å². The molecule has 1 saturated heterocycles. The molecule has 19 heavy (non-hydrogen) atoms. The molecule has 4 heteroatoms. The quantitative estimate of drug-likeness (QED) is 0.897. The highest BCUT2D eigenvalue weighted by atomic mass is 16.5. The van der Waals surface area contributed by atoms with Crippen LogP contribution in [0.5, 0.6) is 0 Å². The SMILES string of the molecule is COCC1(C(=O)N(C)c2ccccc2)CCNCC1. The Morgan fingerprint density at radius 2 is 1.95 bits per heavy atom. The van der Waals surface area contributed by atoms with E-state index in [9.17, 15) is 4.79 Å². The van der Waals surface area contributed by atoms with E-state index in [2.05, 4.69) is 5.32 Å². The van der Waals surface area contributed by atoms with Gasteiger partial charge in [0.25, 0.3) is 0 Å². The number of nitrogens with one attached hydrogen (secondary N) is 1. The van der Waals surface area contributed by atoms with Crippen molar-refractivity contribution in [2.75, 3.05) is 38.8 Å². The Morgan fingerprint density at radius 1 is 1.32 bits per heavy atom. The van der Waals surface area contributed by atoms with E-state index in [0.717, 1.165) is 31.6 Å². The van der Waals surface area contributed by atoms with Gasteiger partial charge in [0.15, 0.2) is 0 Å². The summed E-state index contributed by atoms with van der Waals surface area (Å²) in [7, 11) is 3.51. The maximum Gasteiger partial charge on any atom is 0.235 e. The van der Waals surface area contributed by atoms with Crippen LogP contribution in [0, 0.1) is 5.41 Å². The highest BCUT2D eigenvalue weighted by molar-refractivity contribution is 5.97. The zero-order valence-electron chi connectivity index (χ0n) is 11.7. The lowest BCUT2D eigenvalue weighted by molar-refractivity contribution is -0.133. The number of methoxy groups -OCH3 is 1. The molecule has 0 saturated carbocycles. The van der Waals surface area contributed by atoms with Crippen molar-refractivity contribution in [3.63, 3.8) is 0 Å². The molecule has 104 valence electrons. The molecule has 0 bridgehead atoms. The molecule has 1 aliphatic heterocycles. The van der Waals surface area contributed by atoms with Crippen molar-refractivity contribution >= 4 is 11.6 Å². The molecule has 1 aromatic rings. The van der Waals surface area contributed by atoms with Crippen molar-refractivity contribution < 1.29 is 9.53 Å². The third kappa shape index (κ3) is 2.96. The second kappa shape index (κ2) is 6.17. The normalized spacial score (nSPS) is 18.0. The van der Waals surface area contributed by atoms with Crippen LogP contribution in [0.1, 0.15) is 12.8 Å². The molecule has 0 aliphatic carbocycles. The largest absolute Gasteiger partial charge is 0.384 e. The van der Waals surface area contributed by atoms with Gasteiger partial charge >= 0.3 is 0 Å². The predicted octanol–water partition coefficient (Wildman–Crippen LogP) is 1.67. The molecular weight excluding hydrogens is 240 g/mol. The maximum atomic E-state index is 12.8. The Labute approximate surface area is 114 Å². The topological polar surface area (TPSA) is 41.6 Å². The van der Waals surface area contributed by atoms with E-state index in [-0.39, 0.29) is 11.3 Å². The number of nitrogens with zero attached hydrogens (tertiary/aromatic N) is 1. The van der Waals surface area contributed by atoms with Gasteiger partial charge in [0.05, 0.1) is 12.0 Å². The van der Waals surface area contributed by atoms with E-state index in [1.807, 2.05) is 37.4 Å². The second-order valence-corrected chi connectivity index (χ2v) is 5.16. The molecule has 0 spiro atoms. The monoisotopic (exact) mass is 262 g/mol. The van der Waals surface area contributed by atoms with Crippen molar-refractivity contribution in [3.8, 4) is 0 Å². The molecule has 1 aliphatic rings. The number of benzene rings is 1.